The first kappa shape index (κ1) is 67.6. The molecule has 0 bridgehead atoms. The average molecular weight is 1250 g/mol. The van der Waals surface area contributed by atoms with Crippen molar-refractivity contribution >= 4 is 54.0 Å². The molecule has 5 heterocycles. The number of aromatic nitrogens is 11. The number of nitrogens with zero attached hydrogens (tertiary/aromatic N) is 12. The Morgan fingerprint density at radius 1 is 0.506 bits per heavy atom. The van der Waals surface area contributed by atoms with E-state index in [0.29, 0.717) is 43.0 Å². The van der Waals surface area contributed by atoms with Crippen molar-refractivity contribution in [3.8, 4) is 34.2 Å². The highest BCUT2D eigenvalue weighted by atomic mass is 19.4. The Morgan fingerprint density at radius 3 is 1.25 bits per heavy atom. The second-order valence-electron chi connectivity index (χ2n) is 20.0. The Labute approximate surface area is 499 Å². The molecule has 89 heavy (non-hydrogen) atoms. The van der Waals surface area contributed by atoms with Crippen molar-refractivity contribution in [2.75, 3.05) is 32.8 Å². The summed E-state index contributed by atoms with van der Waals surface area (Å²) in [6.07, 6.45) is 1.23. The van der Waals surface area contributed by atoms with Gasteiger partial charge in [-0.15, -0.1) is 15.3 Å². The van der Waals surface area contributed by atoms with E-state index in [4.69, 9.17) is 4.74 Å². The monoisotopic (exact) mass is 1250 g/mol. The summed E-state index contributed by atoms with van der Waals surface area (Å²) in [5, 5.41) is 12.1. The summed E-state index contributed by atoms with van der Waals surface area (Å²) in [6.45, 7) is 12.2. The van der Waals surface area contributed by atoms with Gasteiger partial charge in [0.2, 0.25) is 5.91 Å². The first-order chi connectivity index (χ1) is 41.8. The van der Waals surface area contributed by atoms with Gasteiger partial charge in [-0.1, -0.05) is 20.8 Å². The Hall–Kier alpha value is -10.5. The summed E-state index contributed by atoms with van der Waals surface area (Å²) in [5.41, 5.74) is 12.1. The van der Waals surface area contributed by atoms with Crippen LogP contribution in [0.2, 0.25) is 0 Å². The number of halogens is 9. The maximum Gasteiger partial charge on any atom is 0.416 e. The van der Waals surface area contributed by atoms with Gasteiger partial charge in [0.1, 0.15) is 24.7 Å². The van der Waals surface area contributed by atoms with Crippen LogP contribution in [-0.2, 0) is 47.2 Å². The molecule has 34 heteroatoms. The van der Waals surface area contributed by atoms with Gasteiger partial charge in [0.15, 0.2) is 17.5 Å². The van der Waals surface area contributed by atoms with Crippen LogP contribution in [0.25, 0.3) is 52.8 Å². The van der Waals surface area contributed by atoms with Crippen LogP contribution in [0.3, 0.4) is 0 Å². The molecule has 0 unspecified atom stereocenters. The fourth-order valence-electron chi connectivity index (χ4n) is 7.26. The highest BCUT2D eigenvalue weighted by Crippen LogP contribution is 2.35. The minimum atomic E-state index is -4.49. The minimum absolute atomic E-state index is 0.0130. The molecule has 0 radical (unpaired) electrons. The van der Waals surface area contributed by atoms with Crippen LogP contribution in [0.1, 0.15) is 64.6 Å². The largest absolute Gasteiger partial charge is 0.416 e. The maximum absolute atomic E-state index is 13.0. The highest BCUT2D eigenvalue weighted by molar-refractivity contribution is 5.96. The topological polar surface area (TPSA) is 305 Å². The van der Waals surface area contributed by atoms with E-state index in [0.717, 1.165) is 59.3 Å². The molecular formula is C55H55F9N18O7. The normalized spacial score (nSPS) is 13.0. The van der Waals surface area contributed by atoms with E-state index >= 15 is 0 Å². The molecule has 25 nitrogen and oxygen atoms in total. The molecule has 0 aliphatic carbocycles. The number of ether oxygens (including phenoxy) is 1. The molecule has 7 aromatic rings. The van der Waals surface area contributed by atoms with Crippen LogP contribution in [-0.4, -0.2) is 127 Å². The zero-order chi connectivity index (χ0) is 65.3. The molecule has 1 aliphatic heterocycles. The van der Waals surface area contributed by atoms with Crippen molar-refractivity contribution in [2.45, 2.75) is 60.1 Å². The van der Waals surface area contributed by atoms with Crippen molar-refractivity contribution in [1.29, 1.82) is 0 Å². The minimum Gasteiger partial charge on any atom is -0.379 e. The number of benzene rings is 3. The molecule has 6 N–H and O–H groups in total. The van der Waals surface area contributed by atoms with Crippen molar-refractivity contribution in [3.05, 3.63) is 149 Å². The molecule has 0 saturated carbocycles. The van der Waals surface area contributed by atoms with Crippen LogP contribution in [0.4, 0.5) is 39.5 Å². The van der Waals surface area contributed by atoms with E-state index in [2.05, 4.69) is 72.8 Å². The quantitative estimate of drug-likeness (QED) is 0.0454. The molecule has 1 aliphatic rings. The zero-order valence-corrected chi connectivity index (χ0v) is 47.8. The maximum atomic E-state index is 13.0. The van der Waals surface area contributed by atoms with Crippen molar-refractivity contribution in [2.24, 2.45) is 5.41 Å². The fourth-order valence-corrected chi connectivity index (χ4v) is 7.26. The third-order valence-corrected chi connectivity index (χ3v) is 11.5. The number of hydrogen-bond acceptors (Lipinski definition) is 16. The number of morpholine rings is 1. The molecule has 1 saturated heterocycles. The van der Waals surface area contributed by atoms with E-state index in [-0.39, 0.29) is 58.2 Å². The Bertz CT molecular complexity index is 3730. The van der Waals surface area contributed by atoms with Gasteiger partial charge in [-0.05, 0) is 92.1 Å². The van der Waals surface area contributed by atoms with Gasteiger partial charge >= 0.3 is 18.5 Å². The number of carbonyl (C=O) groups is 6. The van der Waals surface area contributed by atoms with E-state index in [1.165, 1.54) is 90.7 Å². The van der Waals surface area contributed by atoms with Gasteiger partial charge in [-0.3, -0.25) is 71.2 Å². The first-order valence-corrected chi connectivity index (χ1v) is 26.0. The van der Waals surface area contributed by atoms with Crippen LogP contribution < -0.4 is 32.6 Å². The van der Waals surface area contributed by atoms with Crippen LogP contribution in [0, 0.1) is 26.2 Å². The summed E-state index contributed by atoms with van der Waals surface area (Å²) in [4.78, 5) is 91.9. The second kappa shape index (κ2) is 29.7. The van der Waals surface area contributed by atoms with Gasteiger partial charge in [0, 0.05) is 84.4 Å². The highest BCUT2D eigenvalue weighted by Gasteiger charge is 2.33. The number of amides is 6. The number of rotatable bonds is 12. The number of alkyl halides is 9. The standard InChI is InChI=1S/C19H21F3N6O3.C18H14F3N7O2.C18H20F3N5O2/c1-13-8-14(10-15(9-13)19(20,21)22)18-23-12-28(26-18)3-2-16(29)24-25-17(30)11-27-4-6-31-7-5-27;1-11-6-12(8-13(7-11)18(19,20)21)16-24-10-28(27-16)5-2-15(29)25-26-17(30)14-9-22-3-4-23-14;1-11-7-12(9-13(8-11)18(19,20)21)15-22-10-26(25-15)6-5-14(27)23-24-16(28)17(2,3)4/h2-3,8-10,12H,4-7,11H2,1H3,(H,24,29)(H,25,30);2-10H,1H3,(H,25,29)(H,26,30);5-10H,1-4H3,(H,23,27)(H,24,28)/b3-2-;5-2-;6-5-. The van der Waals surface area contributed by atoms with Crippen LogP contribution in [0.5, 0.6) is 0 Å². The first-order valence-electron chi connectivity index (χ1n) is 26.0. The Kier molecular flexibility index (Phi) is 22.6. The zero-order valence-electron chi connectivity index (χ0n) is 47.8. The van der Waals surface area contributed by atoms with Crippen LogP contribution in [0.15, 0.2) is 110 Å². The van der Waals surface area contributed by atoms with Gasteiger partial charge in [-0.25, -0.2) is 34.0 Å². The summed E-state index contributed by atoms with van der Waals surface area (Å²) in [7, 11) is 0. The third kappa shape index (κ3) is 21.7. The van der Waals surface area contributed by atoms with Crippen molar-refractivity contribution < 1.29 is 73.0 Å². The second-order valence-corrected chi connectivity index (χ2v) is 20.0. The Morgan fingerprint density at radius 2 is 0.888 bits per heavy atom. The SMILES string of the molecule is Cc1cc(-c2ncn(/C=C\C(=O)NNC(=O)C(C)(C)C)n2)cc(C(F)(F)F)c1.Cc1cc(-c2ncn(/C=C\C(=O)NNC(=O)CN3CCOCC3)n2)cc(C(F)(F)F)c1.Cc1cc(-c2ncn(/C=C\C(=O)NNC(=O)c3cnccn3)n2)cc(C(F)(F)F)c1. The number of hydrazine groups is 3. The molecule has 8 rings (SSSR count). The molecule has 0 spiro atoms. The van der Waals surface area contributed by atoms with Crippen LogP contribution >= 0.6 is 0 Å². The molecule has 0 atom stereocenters. The number of nitrogens with one attached hydrogen (secondary N) is 6. The lowest BCUT2D eigenvalue weighted by atomic mass is 9.96. The number of carbonyl (C=O) groups excluding carboxylic acids is 6. The number of aryl methyl sites for hydroxylation is 3. The lowest BCUT2D eigenvalue weighted by molar-refractivity contribution is -0.138. The van der Waals surface area contributed by atoms with Gasteiger partial charge < -0.3 is 4.74 Å². The fraction of sp³-hybridized carbons (Fsp3) is 0.273. The molecular weight excluding hydrogens is 1200 g/mol. The van der Waals surface area contributed by atoms with E-state index < -0.39 is 64.3 Å². The van der Waals surface area contributed by atoms with E-state index in [1.54, 1.807) is 34.6 Å². The predicted octanol–water partition coefficient (Wildman–Crippen LogP) is 6.15. The molecule has 6 amide bonds. The molecule has 470 valence electrons. The predicted molar refractivity (Wildman–Crippen MR) is 299 cm³/mol. The molecule has 3 aromatic carbocycles. The van der Waals surface area contributed by atoms with Crippen molar-refractivity contribution in [1.82, 2.24) is 91.7 Å². The smallest absolute Gasteiger partial charge is 0.379 e. The van der Waals surface area contributed by atoms with E-state index in [1.807, 2.05) is 4.90 Å². The molecule has 4 aromatic heterocycles. The lowest BCUT2D eigenvalue weighted by Gasteiger charge is -2.25. The summed E-state index contributed by atoms with van der Waals surface area (Å²) in [6, 6.07) is 10.6. The average Bonchev–Trinajstić information content (AvgIpc) is 2.25. The van der Waals surface area contributed by atoms with E-state index in [9.17, 15) is 68.3 Å². The van der Waals surface area contributed by atoms with Gasteiger partial charge in [0.25, 0.3) is 29.5 Å². The van der Waals surface area contributed by atoms with Crippen molar-refractivity contribution in [3.63, 3.8) is 0 Å². The third-order valence-electron chi connectivity index (χ3n) is 11.5. The lowest BCUT2D eigenvalue weighted by Crippen LogP contribution is -2.48. The summed E-state index contributed by atoms with van der Waals surface area (Å²) < 4.78 is 125. The molecule has 1 fully saturated rings. The summed E-state index contributed by atoms with van der Waals surface area (Å²) >= 11 is 0. The summed E-state index contributed by atoms with van der Waals surface area (Å²) in [5.74, 6) is -3.06. The Balaban J connectivity index is 0.000000213. The van der Waals surface area contributed by atoms with Gasteiger partial charge in [0.05, 0.1) is 42.6 Å². The number of hydrogen-bond donors (Lipinski definition) is 6. The van der Waals surface area contributed by atoms with Gasteiger partial charge in [-0.2, -0.15) is 39.5 Å².